The van der Waals surface area contributed by atoms with Crippen molar-refractivity contribution in [3.05, 3.63) is 54.4 Å². The van der Waals surface area contributed by atoms with Gasteiger partial charge in [-0.15, -0.1) is 10.2 Å². The summed E-state index contributed by atoms with van der Waals surface area (Å²) in [6.07, 6.45) is 0.116. The summed E-state index contributed by atoms with van der Waals surface area (Å²) in [5, 5.41) is 11.9. The maximum atomic E-state index is 12.4. The zero-order chi connectivity index (χ0) is 21.3. The van der Waals surface area contributed by atoms with Crippen molar-refractivity contribution in [3.63, 3.8) is 0 Å². The van der Waals surface area contributed by atoms with Crippen LogP contribution in [0.4, 0.5) is 5.69 Å². The Morgan fingerprint density at radius 1 is 1.03 bits per heavy atom. The lowest BCUT2D eigenvalue weighted by Crippen LogP contribution is -2.17. The summed E-state index contributed by atoms with van der Waals surface area (Å²) < 4.78 is 17.9. The smallest absolute Gasteiger partial charge is 0.232 e. The van der Waals surface area contributed by atoms with Gasteiger partial charge in [-0.2, -0.15) is 0 Å². The quantitative estimate of drug-likeness (QED) is 0.392. The van der Waals surface area contributed by atoms with E-state index in [0.717, 1.165) is 16.7 Å². The van der Waals surface area contributed by atoms with Crippen LogP contribution in [0.5, 0.6) is 17.2 Å². The van der Waals surface area contributed by atoms with Gasteiger partial charge in [-0.25, -0.2) is 0 Å². The number of benzene rings is 2. The van der Waals surface area contributed by atoms with Crippen molar-refractivity contribution in [1.82, 2.24) is 14.8 Å². The average Bonchev–Trinajstić information content (AvgIpc) is 3.11. The van der Waals surface area contributed by atoms with Crippen LogP contribution in [-0.2, 0) is 18.3 Å². The van der Waals surface area contributed by atoms with Crippen LogP contribution in [0.3, 0.4) is 0 Å². The van der Waals surface area contributed by atoms with Gasteiger partial charge in [-0.3, -0.25) is 4.79 Å². The number of rotatable bonds is 10. The van der Waals surface area contributed by atoms with Crippen molar-refractivity contribution >= 4 is 23.4 Å². The highest BCUT2D eigenvalue weighted by molar-refractivity contribution is 7.99. The zero-order valence-electron chi connectivity index (χ0n) is 17.1. The molecule has 1 heterocycles. The maximum Gasteiger partial charge on any atom is 0.232 e. The van der Waals surface area contributed by atoms with Crippen LogP contribution < -0.4 is 19.5 Å². The molecule has 0 unspecified atom stereocenters. The molecule has 2 aromatic carbocycles. The third kappa shape index (κ3) is 5.66. The van der Waals surface area contributed by atoms with Gasteiger partial charge in [0, 0.05) is 12.8 Å². The summed E-state index contributed by atoms with van der Waals surface area (Å²) in [6.45, 7) is 0.521. The molecule has 0 aliphatic rings. The van der Waals surface area contributed by atoms with Gasteiger partial charge in [0.05, 0.1) is 32.9 Å². The van der Waals surface area contributed by atoms with Crippen LogP contribution in [0.25, 0.3) is 0 Å². The maximum absolute atomic E-state index is 12.4. The van der Waals surface area contributed by atoms with Gasteiger partial charge >= 0.3 is 0 Å². The molecule has 0 aliphatic heterocycles. The van der Waals surface area contributed by atoms with E-state index in [0.29, 0.717) is 29.6 Å². The molecule has 0 atom stereocenters. The molecule has 9 heteroatoms. The number of nitrogens with one attached hydrogen (secondary N) is 1. The highest BCUT2D eigenvalue weighted by Crippen LogP contribution is 2.23. The van der Waals surface area contributed by atoms with E-state index in [9.17, 15) is 4.79 Å². The number of thioether (sulfide) groups is 1. The second-order valence-electron chi connectivity index (χ2n) is 6.26. The molecule has 3 aromatic rings. The van der Waals surface area contributed by atoms with Crippen LogP contribution >= 0.6 is 11.8 Å². The van der Waals surface area contributed by atoms with E-state index in [2.05, 4.69) is 15.5 Å². The summed E-state index contributed by atoms with van der Waals surface area (Å²) in [5.74, 6) is 3.28. The van der Waals surface area contributed by atoms with Crippen molar-refractivity contribution in [2.75, 3.05) is 31.9 Å². The Bertz CT molecular complexity index is 975. The van der Waals surface area contributed by atoms with Crippen molar-refractivity contribution in [1.29, 1.82) is 0 Å². The van der Waals surface area contributed by atoms with Crippen LogP contribution in [0.2, 0.25) is 0 Å². The molecule has 1 N–H and O–H groups in total. The van der Waals surface area contributed by atoms with E-state index >= 15 is 0 Å². The summed E-state index contributed by atoms with van der Waals surface area (Å²) in [7, 11) is 5.04. The monoisotopic (exact) mass is 428 g/mol. The van der Waals surface area contributed by atoms with Crippen molar-refractivity contribution in [2.45, 2.75) is 11.6 Å². The summed E-state index contributed by atoms with van der Waals surface area (Å²) in [5.41, 5.74) is 0.623. The molecule has 0 saturated carbocycles. The van der Waals surface area contributed by atoms with Gasteiger partial charge in [0.25, 0.3) is 0 Å². The van der Waals surface area contributed by atoms with Crippen LogP contribution in [0.15, 0.2) is 53.7 Å². The number of para-hydroxylation sites is 2. The number of carbonyl (C=O) groups excluding carboxylic acids is 1. The minimum absolute atomic E-state index is 0.116. The number of anilines is 1. The molecular formula is C21H24N4O4S. The summed E-state index contributed by atoms with van der Waals surface area (Å²) in [4.78, 5) is 12.4. The van der Waals surface area contributed by atoms with E-state index in [4.69, 9.17) is 14.2 Å². The fourth-order valence-electron chi connectivity index (χ4n) is 2.68. The Labute approximate surface area is 179 Å². The Kier molecular flexibility index (Phi) is 7.56. The molecule has 0 aliphatic carbocycles. The molecule has 30 heavy (non-hydrogen) atoms. The molecule has 1 amide bonds. The summed E-state index contributed by atoms with van der Waals surface area (Å²) in [6, 6.07) is 14.7. The minimum Gasteiger partial charge on any atom is -0.497 e. The molecule has 0 radical (unpaired) electrons. The van der Waals surface area contributed by atoms with Gasteiger partial charge in [0.2, 0.25) is 5.91 Å². The highest BCUT2D eigenvalue weighted by atomic mass is 32.2. The first-order chi connectivity index (χ1) is 14.6. The van der Waals surface area contributed by atoms with Crippen LogP contribution in [-0.4, -0.2) is 47.3 Å². The second kappa shape index (κ2) is 10.5. The first kappa shape index (κ1) is 21.5. The standard InChI is InChI=1S/C21H24N4O4S/c1-25-19(14-20(26)22-17-6-4-5-7-18(17)28-3)23-24-21(25)30-13-12-29-16-10-8-15(27-2)9-11-16/h4-11H,12-14H2,1-3H3,(H,22,26). The Balaban J connectivity index is 1.48. The minimum atomic E-state index is -0.186. The Morgan fingerprint density at radius 3 is 2.50 bits per heavy atom. The number of ether oxygens (including phenoxy) is 3. The first-order valence-corrected chi connectivity index (χ1v) is 10.3. The van der Waals surface area contributed by atoms with E-state index < -0.39 is 0 Å². The van der Waals surface area contributed by atoms with Crippen LogP contribution in [0.1, 0.15) is 5.82 Å². The largest absolute Gasteiger partial charge is 0.497 e. The lowest BCUT2D eigenvalue weighted by Gasteiger charge is -2.09. The molecule has 1 aromatic heterocycles. The second-order valence-corrected chi connectivity index (χ2v) is 7.32. The number of amides is 1. The third-order valence-corrected chi connectivity index (χ3v) is 5.25. The molecule has 0 fully saturated rings. The SMILES string of the molecule is COc1ccc(OCCSc2nnc(CC(=O)Nc3ccccc3OC)n2C)cc1. The highest BCUT2D eigenvalue weighted by Gasteiger charge is 2.14. The molecule has 158 valence electrons. The molecule has 0 spiro atoms. The topological polar surface area (TPSA) is 87.5 Å². The number of aromatic nitrogens is 3. The van der Waals surface area contributed by atoms with Gasteiger partial charge in [0.1, 0.15) is 23.1 Å². The number of methoxy groups -OCH3 is 2. The Morgan fingerprint density at radius 2 is 1.77 bits per heavy atom. The van der Waals surface area contributed by atoms with Gasteiger partial charge in [-0.1, -0.05) is 23.9 Å². The number of hydrogen-bond donors (Lipinski definition) is 1. The van der Waals surface area contributed by atoms with Crippen molar-refractivity contribution in [3.8, 4) is 17.2 Å². The predicted molar refractivity (Wildman–Crippen MR) is 116 cm³/mol. The third-order valence-electron chi connectivity index (χ3n) is 4.27. The Hall–Kier alpha value is -3.20. The average molecular weight is 429 g/mol. The molecule has 0 saturated heterocycles. The number of carbonyl (C=O) groups is 1. The number of nitrogens with zero attached hydrogens (tertiary/aromatic N) is 3. The molecule has 3 rings (SSSR count). The zero-order valence-corrected chi connectivity index (χ0v) is 17.9. The fraction of sp³-hybridized carbons (Fsp3) is 0.286. The molecule has 8 nitrogen and oxygen atoms in total. The summed E-state index contributed by atoms with van der Waals surface area (Å²) >= 11 is 1.52. The van der Waals surface area contributed by atoms with E-state index in [-0.39, 0.29) is 12.3 Å². The molecular weight excluding hydrogens is 404 g/mol. The molecule has 0 bridgehead atoms. The lowest BCUT2D eigenvalue weighted by molar-refractivity contribution is -0.115. The van der Waals surface area contributed by atoms with Crippen molar-refractivity contribution < 1.29 is 19.0 Å². The van der Waals surface area contributed by atoms with Gasteiger partial charge in [0.15, 0.2) is 5.16 Å². The van der Waals surface area contributed by atoms with Gasteiger partial charge < -0.3 is 24.1 Å². The van der Waals surface area contributed by atoms with Crippen LogP contribution in [0, 0.1) is 0 Å². The van der Waals surface area contributed by atoms with Crippen molar-refractivity contribution in [2.24, 2.45) is 7.05 Å². The lowest BCUT2D eigenvalue weighted by atomic mass is 10.2. The van der Waals surface area contributed by atoms with Gasteiger partial charge in [-0.05, 0) is 36.4 Å². The fourth-order valence-corrected chi connectivity index (χ4v) is 3.42. The first-order valence-electron chi connectivity index (χ1n) is 9.31. The number of hydrogen-bond acceptors (Lipinski definition) is 7. The van der Waals surface area contributed by atoms with E-state index in [1.54, 1.807) is 26.4 Å². The predicted octanol–water partition coefficient (Wildman–Crippen LogP) is 3.18. The van der Waals surface area contributed by atoms with E-state index in [1.807, 2.05) is 48.0 Å². The van der Waals surface area contributed by atoms with E-state index in [1.165, 1.54) is 11.8 Å². The normalized spacial score (nSPS) is 10.5.